The normalized spacial score (nSPS) is 17.3. The smallest absolute Gasteiger partial charge is 0.407 e. The minimum Gasteiger partial charge on any atom is -0.465 e. The van der Waals surface area contributed by atoms with Crippen molar-refractivity contribution in [1.29, 1.82) is 0 Å². The van der Waals surface area contributed by atoms with Crippen LogP contribution < -0.4 is 5.32 Å². The molecule has 7 nitrogen and oxygen atoms in total. The molecule has 8 heteroatoms. The minimum atomic E-state index is -0.996. The van der Waals surface area contributed by atoms with E-state index in [-0.39, 0.29) is 5.91 Å². The van der Waals surface area contributed by atoms with E-state index < -0.39 is 29.0 Å². The van der Waals surface area contributed by atoms with Gasteiger partial charge < -0.3 is 15.3 Å². The fraction of sp³-hybridized carbons (Fsp3) is 0.270. The lowest BCUT2D eigenvalue weighted by atomic mass is 9.73. The average Bonchev–Trinajstić information content (AvgIpc) is 3.39. The van der Waals surface area contributed by atoms with Gasteiger partial charge in [-0.25, -0.2) is 9.48 Å². The molecule has 0 bridgehead atoms. The fourth-order valence-corrected chi connectivity index (χ4v) is 7.47. The molecule has 2 heterocycles. The van der Waals surface area contributed by atoms with Crippen LogP contribution in [0.5, 0.6) is 0 Å². The fourth-order valence-electron chi connectivity index (χ4n) is 7.11. The van der Waals surface area contributed by atoms with Gasteiger partial charge in [0, 0.05) is 16.4 Å². The molecular formula is C37H37BrN4O3. The zero-order valence-electron chi connectivity index (χ0n) is 25.7. The summed E-state index contributed by atoms with van der Waals surface area (Å²) in [4.78, 5) is 27.9. The van der Waals surface area contributed by atoms with Gasteiger partial charge in [0.15, 0.2) is 5.82 Å². The summed E-state index contributed by atoms with van der Waals surface area (Å²) < 4.78 is 2.88. The van der Waals surface area contributed by atoms with E-state index in [0.717, 1.165) is 32.1 Å². The molecule has 2 atom stereocenters. The monoisotopic (exact) mass is 664 g/mol. The quantitative estimate of drug-likeness (QED) is 0.179. The van der Waals surface area contributed by atoms with Crippen LogP contribution in [0.1, 0.15) is 50.3 Å². The van der Waals surface area contributed by atoms with Crippen LogP contribution in [-0.2, 0) is 10.3 Å². The van der Waals surface area contributed by atoms with Gasteiger partial charge in [-0.3, -0.25) is 4.79 Å². The van der Waals surface area contributed by atoms with Crippen molar-refractivity contribution >= 4 is 44.7 Å². The highest BCUT2D eigenvalue weighted by Gasteiger charge is 2.46. The first-order chi connectivity index (χ1) is 21.6. The van der Waals surface area contributed by atoms with Crippen LogP contribution >= 0.6 is 15.9 Å². The number of anilines is 1. The average molecular weight is 666 g/mol. The molecule has 1 saturated heterocycles. The van der Waals surface area contributed by atoms with Crippen LogP contribution in [0.25, 0.3) is 10.9 Å². The predicted octanol–water partition coefficient (Wildman–Crippen LogP) is 8.38. The van der Waals surface area contributed by atoms with E-state index in [9.17, 15) is 14.7 Å². The summed E-state index contributed by atoms with van der Waals surface area (Å²) in [5.74, 6) is -0.315. The molecule has 1 aliphatic heterocycles. The van der Waals surface area contributed by atoms with E-state index in [1.54, 1.807) is 0 Å². The van der Waals surface area contributed by atoms with Gasteiger partial charge >= 0.3 is 6.09 Å². The lowest BCUT2D eigenvalue weighted by Gasteiger charge is -2.46. The number of nitrogens with zero attached hydrogens (tertiary/aromatic N) is 3. The maximum absolute atomic E-state index is 14.2. The Morgan fingerprint density at radius 1 is 0.844 bits per heavy atom. The molecule has 45 heavy (non-hydrogen) atoms. The number of piperidine rings is 1. The zero-order chi connectivity index (χ0) is 31.8. The van der Waals surface area contributed by atoms with E-state index in [1.165, 1.54) is 4.90 Å². The van der Waals surface area contributed by atoms with Crippen LogP contribution in [-0.4, -0.2) is 44.4 Å². The van der Waals surface area contributed by atoms with Crippen LogP contribution in [0, 0.1) is 11.3 Å². The molecule has 5 aromatic rings. The Balaban J connectivity index is 1.57. The molecule has 2 N–H and O–H groups in total. The van der Waals surface area contributed by atoms with Crippen molar-refractivity contribution in [2.75, 3.05) is 11.9 Å². The van der Waals surface area contributed by atoms with Crippen LogP contribution in [0.2, 0.25) is 0 Å². The van der Waals surface area contributed by atoms with E-state index in [4.69, 9.17) is 5.10 Å². The molecular weight excluding hydrogens is 628 g/mol. The lowest BCUT2D eigenvalue weighted by molar-refractivity contribution is -0.125. The van der Waals surface area contributed by atoms with Crippen LogP contribution in [0.4, 0.5) is 10.6 Å². The van der Waals surface area contributed by atoms with E-state index in [1.807, 2.05) is 98.2 Å². The van der Waals surface area contributed by atoms with Crippen molar-refractivity contribution in [3.63, 3.8) is 0 Å². The Bertz CT molecular complexity index is 1720. The Morgan fingerprint density at radius 3 is 1.87 bits per heavy atom. The molecule has 1 unspecified atom stereocenters. The van der Waals surface area contributed by atoms with Crippen LogP contribution in [0.3, 0.4) is 0 Å². The number of likely N-dealkylation sites (tertiary alicyclic amines) is 1. The number of halogens is 1. The summed E-state index contributed by atoms with van der Waals surface area (Å²) in [6, 6.07) is 36.4. The number of aromatic nitrogens is 2. The molecule has 0 radical (unpaired) electrons. The van der Waals surface area contributed by atoms with Crippen molar-refractivity contribution in [2.45, 2.75) is 45.2 Å². The maximum atomic E-state index is 14.2. The molecule has 0 spiro atoms. The number of carbonyl (C=O) groups is 2. The molecule has 230 valence electrons. The summed E-state index contributed by atoms with van der Waals surface area (Å²) in [7, 11) is 0. The minimum absolute atomic E-state index is 0.225. The standard InChI is InChI=1S/C37H37BrN4O3/c1-36(2,3)32-29(20-13-23-41(32)35(44)45)34(43)39-33-30-24-28(38)21-22-31(30)42(40-33)37(25-14-7-4-8-15-25,26-16-9-5-10-17-26)27-18-11-6-12-19-27/h4-12,14-19,21-22,24,29,32H,13,20,23H2,1-3H3,(H,44,45)(H,39,40,43)/t29?,32-/m0/s1. The SMILES string of the molecule is CC(C)(C)[C@@H]1C(C(=O)Nc2nn(C(c3ccccc3)(c3ccccc3)c3ccccc3)c3ccc(Br)cc23)CCCN1C(=O)O. The Hall–Kier alpha value is -4.43. The van der Waals surface area contributed by atoms with Gasteiger partial charge in [0.05, 0.1) is 17.5 Å². The second-order valence-electron chi connectivity index (χ2n) is 12.8. The summed E-state index contributed by atoms with van der Waals surface area (Å²) in [5.41, 5.74) is 2.58. The largest absolute Gasteiger partial charge is 0.465 e. The summed E-state index contributed by atoms with van der Waals surface area (Å²) in [6.45, 7) is 6.40. The number of carboxylic acid groups (broad SMARTS) is 1. The third-order valence-corrected chi connectivity index (χ3v) is 9.37. The number of benzene rings is 4. The highest BCUT2D eigenvalue weighted by Crippen LogP contribution is 2.44. The summed E-state index contributed by atoms with van der Waals surface area (Å²) in [6.07, 6.45) is 0.225. The van der Waals surface area contributed by atoms with Gasteiger partial charge in [-0.15, -0.1) is 0 Å². The molecule has 1 aliphatic rings. The third kappa shape index (κ3) is 5.52. The topological polar surface area (TPSA) is 87.5 Å². The van der Waals surface area contributed by atoms with Gasteiger partial charge in [0.25, 0.3) is 0 Å². The summed E-state index contributed by atoms with van der Waals surface area (Å²) >= 11 is 3.64. The Kier molecular flexibility index (Phi) is 8.27. The van der Waals surface area contributed by atoms with E-state index >= 15 is 0 Å². The number of amides is 2. The Labute approximate surface area is 272 Å². The van der Waals surface area contributed by atoms with Crippen molar-refractivity contribution in [1.82, 2.24) is 14.7 Å². The lowest BCUT2D eigenvalue weighted by Crippen LogP contribution is -2.57. The number of nitrogens with one attached hydrogen (secondary N) is 1. The van der Waals surface area contributed by atoms with Gasteiger partial charge in [0.1, 0.15) is 5.54 Å². The highest BCUT2D eigenvalue weighted by atomic mass is 79.9. The number of fused-ring (bicyclic) bond motifs is 1. The summed E-state index contributed by atoms with van der Waals surface area (Å²) in [5, 5.41) is 19.2. The van der Waals surface area contributed by atoms with Crippen LogP contribution in [0.15, 0.2) is 114 Å². The first kappa shape index (κ1) is 30.6. The van der Waals surface area contributed by atoms with Crippen molar-refractivity contribution < 1.29 is 14.7 Å². The van der Waals surface area contributed by atoms with Gasteiger partial charge in [-0.1, -0.05) is 128 Å². The van der Waals surface area contributed by atoms with Crippen molar-refractivity contribution in [3.05, 3.63) is 130 Å². The second-order valence-corrected chi connectivity index (χ2v) is 13.7. The Morgan fingerprint density at radius 2 is 1.38 bits per heavy atom. The third-order valence-electron chi connectivity index (χ3n) is 8.88. The maximum Gasteiger partial charge on any atom is 0.407 e. The molecule has 6 rings (SSSR count). The number of carbonyl (C=O) groups excluding carboxylic acids is 1. The predicted molar refractivity (Wildman–Crippen MR) is 181 cm³/mol. The zero-order valence-corrected chi connectivity index (χ0v) is 27.2. The van der Waals surface area contributed by atoms with E-state index in [2.05, 4.69) is 57.6 Å². The molecule has 4 aromatic carbocycles. The first-order valence-corrected chi connectivity index (χ1v) is 16.1. The number of hydrogen-bond donors (Lipinski definition) is 2. The van der Waals surface area contributed by atoms with Crippen molar-refractivity contribution in [3.8, 4) is 0 Å². The number of hydrogen-bond acceptors (Lipinski definition) is 3. The van der Waals surface area contributed by atoms with Gasteiger partial charge in [0.2, 0.25) is 5.91 Å². The highest BCUT2D eigenvalue weighted by molar-refractivity contribution is 9.10. The molecule has 0 saturated carbocycles. The number of rotatable bonds is 6. The molecule has 0 aliphatic carbocycles. The first-order valence-electron chi connectivity index (χ1n) is 15.3. The molecule has 1 fully saturated rings. The van der Waals surface area contributed by atoms with E-state index in [0.29, 0.717) is 25.2 Å². The van der Waals surface area contributed by atoms with Gasteiger partial charge in [-0.2, -0.15) is 5.10 Å². The molecule has 2 amide bonds. The second kappa shape index (κ2) is 12.2. The van der Waals surface area contributed by atoms with Gasteiger partial charge in [-0.05, 0) is 53.1 Å². The molecule has 1 aromatic heterocycles. The van der Waals surface area contributed by atoms with Crippen molar-refractivity contribution in [2.24, 2.45) is 11.3 Å².